The fourth-order valence-electron chi connectivity index (χ4n) is 4.01. The summed E-state index contributed by atoms with van der Waals surface area (Å²) in [5.74, 6) is -0.736. The lowest BCUT2D eigenvalue weighted by Gasteiger charge is -2.23. The minimum atomic E-state index is -0.928. The minimum Gasteiger partial charge on any atom is -0.509 e. The molecule has 0 spiro atoms. The van der Waals surface area contributed by atoms with Crippen LogP contribution in [0.5, 0.6) is 0 Å². The third-order valence-electron chi connectivity index (χ3n) is 5.70. The van der Waals surface area contributed by atoms with Crippen molar-refractivity contribution in [2.75, 3.05) is 5.32 Å². The lowest BCUT2D eigenvalue weighted by molar-refractivity contribution is -0.121. The van der Waals surface area contributed by atoms with Crippen molar-refractivity contribution in [2.45, 2.75) is 63.3 Å². The summed E-state index contributed by atoms with van der Waals surface area (Å²) in [6.07, 6.45) is 9.13. The first-order valence-corrected chi connectivity index (χ1v) is 9.73. The molecule has 144 valence electrons. The summed E-state index contributed by atoms with van der Waals surface area (Å²) in [6.45, 7) is 5.37. The Hall–Kier alpha value is -2.56. The van der Waals surface area contributed by atoms with Gasteiger partial charge in [0.1, 0.15) is 11.3 Å². The minimum absolute atomic E-state index is 0.203. The average Bonchev–Trinajstić information content (AvgIpc) is 2.90. The highest BCUT2D eigenvalue weighted by Crippen LogP contribution is 2.33. The average molecular weight is 368 g/mol. The van der Waals surface area contributed by atoms with Crippen molar-refractivity contribution in [3.8, 4) is 0 Å². The van der Waals surface area contributed by atoms with E-state index in [0.29, 0.717) is 24.4 Å². The Balaban J connectivity index is 1.70. The number of nitrogens with one attached hydrogen (secondary N) is 2. The summed E-state index contributed by atoms with van der Waals surface area (Å²) in [7, 11) is 0. The van der Waals surface area contributed by atoms with Crippen LogP contribution in [0.1, 0.15) is 63.4 Å². The normalized spacial score (nSPS) is 23.2. The van der Waals surface area contributed by atoms with E-state index < -0.39 is 17.4 Å². The van der Waals surface area contributed by atoms with Gasteiger partial charge in [-0.25, -0.2) is 0 Å². The zero-order valence-electron chi connectivity index (χ0n) is 15.9. The van der Waals surface area contributed by atoms with Gasteiger partial charge in [-0.3, -0.25) is 9.59 Å². The molecule has 0 radical (unpaired) electrons. The molecule has 1 heterocycles. The van der Waals surface area contributed by atoms with Gasteiger partial charge in [0.2, 0.25) is 0 Å². The molecule has 1 aromatic carbocycles. The quantitative estimate of drug-likeness (QED) is 0.516. The second kappa shape index (κ2) is 7.99. The second-order valence-electron chi connectivity index (χ2n) is 7.75. The van der Waals surface area contributed by atoms with Crippen LogP contribution in [0.25, 0.3) is 0 Å². The Labute approximate surface area is 160 Å². The van der Waals surface area contributed by atoms with E-state index in [1.807, 2.05) is 24.3 Å². The highest BCUT2D eigenvalue weighted by atomic mass is 16.3. The predicted octanol–water partition coefficient (Wildman–Crippen LogP) is 4.34. The molecule has 2 aliphatic rings. The van der Waals surface area contributed by atoms with Crippen LogP contribution in [0.2, 0.25) is 0 Å². The maximum Gasteiger partial charge on any atom is 0.264 e. The molecule has 0 saturated heterocycles. The zero-order valence-corrected chi connectivity index (χ0v) is 15.9. The largest absolute Gasteiger partial charge is 0.509 e. The van der Waals surface area contributed by atoms with Crippen LogP contribution in [0.15, 0.2) is 48.3 Å². The molecule has 3 rings (SSSR count). The van der Waals surface area contributed by atoms with Crippen molar-refractivity contribution in [2.24, 2.45) is 0 Å². The molecule has 2 amide bonds. The number of carbonyl (C=O) groups is 2. The Bertz CT molecular complexity index is 760. The monoisotopic (exact) mass is 368 g/mol. The molecule has 1 unspecified atom stereocenters. The number of allylic oxidation sites excluding steroid dienone is 1. The number of aliphatic hydroxyl groups excluding tert-OH is 1. The van der Waals surface area contributed by atoms with Crippen molar-refractivity contribution in [1.29, 1.82) is 0 Å². The maximum absolute atomic E-state index is 12.6. The molecule has 5 nitrogen and oxygen atoms in total. The number of rotatable bonds is 6. The molecule has 1 aliphatic heterocycles. The van der Waals surface area contributed by atoms with E-state index in [1.165, 1.54) is 37.7 Å². The van der Waals surface area contributed by atoms with E-state index >= 15 is 0 Å². The summed E-state index contributed by atoms with van der Waals surface area (Å²) in [4.78, 5) is 24.8. The predicted molar refractivity (Wildman–Crippen MR) is 107 cm³/mol. The molecule has 1 fully saturated rings. The molecule has 3 N–H and O–H groups in total. The van der Waals surface area contributed by atoms with Crippen LogP contribution in [0.3, 0.4) is 0 Å². The number of aliphatic hydroxyl groups is 1. The van der Waals surface area contributed by atoms with Crippen molar-refractivity contribution in [3.05, 3.63) is 53.8 Å². The molecule has 1 atom stereocenters. The third-order valence-corrected chi connectivity index (χ3v) is 5.70. The summed E-state index contributed by atoms with van der Waals surface area (Å²) >= 11 is 0. The van der Waals surface area contributed by atoms with Gasteiger partial charge in [-0.05, 0) is 56.2 Å². The molecule has 0 bridgehead atoms. The Morgan fingerprint density at radius 1 is 1.30 bits per heavy atom. The molecule has 5 heteroatoms. The molecule has 0 aromatic heterocycles. The smallest absolute Gasteiger partial charge is 0.264 e. The molecular formula is C22H28N2O3. The third kappa shape index (κ3) is 4.07. The maximum atomic E-state index is 12.6. The number of amides is 2. The van der Waals surface area contributed by atoms with E-state index in [9.17, 15) is 14.7 Å². The molecule has 1 saturated carbocycles. The fraction of sp³-hybridized carbons (Fsp3) is 0.455. The van der Waals surface area contributed by atoms with Crippen molar-refractivity contribution < 1.29 is 14.7 Å². The lowest BCUT2D eigenvalue weighted by Crippen LogP contribution is -2.41. The van der Waals surface area contributed by atoms with E-state index in [0.717, 1.165) is 0 Å². The zero-order chi connectivity index (χ0) is 19.4. The highest BCUT2D eigenvalue weighted by Gasteiger charge is 2.44. The molecule has 1 aliphatic carbocycles. The number of anilines is 1. The lowest BCUT2D eigenvalue weighted by atomic mass is 9.84. The van der Waals surface area contributed by atoms with Gasteiger partial charge in [0.25, 0.3) is 11.8 Å². The van der Waals surface area contributed by atoms with Crippen LogP contribution in [-0.2, 0) is 9.59 Å². The van der Waals surface area contributed by atoms with E-state index in [1.54, 1.807) is 13.0 Å². The van der Waals surface area contributed by atoms with Crippen LogP contribution in [-0.4, -0.2) is 22.5 Å². The van der Waals surface area contributed by atoms with E-state index in [4.69, 9.17) is 0 Å². The van der Waals surface area contributed by atoms with Crippen LogP contribution in [0.4, 0.5) is 5.69 Å². The van der Waals surface area contributed by atoms with Gasteiger partial charge < -0.3 is 15.7 Å². The number of hydrogen-bond donors (Lipinski definition) is 3. The van der Waals surface area contributed by atoms with Crippen molar-refractivity contribution >= 4 is 17.5 Å². The second-order valence-corrected chi connectivity index (χ2v) is 7.75. The summed E-state index contributed by atoms with van der Waals surface area (Å²) < 4.78 is 0. The van der Waals surface area contributed by atoms with Crippen molar-refractivity contribution in [1.82, 2.24) is 5.32 Å². The Morgan fingerprint density at radius 2 is 1.96 bits per heavy atom. The standard InChI is InChI=1S/C22H28N2O3/c1-3-4-14-22(2)19(25)18(21(27)24-22)20(26)23-17-12-10-16(11-13-17)15-8-6-5-7-9-15/h3,10-13,15,25H,1,4-9,14H2,2H3,(H,23,26)(H,24,27). The summed E-state index contributed by atoms with van der Waals surface area (Å²) in [5.41, 5.74) is 0.777. The van der Waals surface area contributed by atoms with Gasteiger partial charge in [-0.2, -0.15) is 0 Å². The SMILES string of the molecule is C=CCCC1(C)NC(=O)C(C(=O)Nc2ccc(C3CCCCC3)cc2)=C1O. The van der Waals surface area contributed by atoms with Gasteiger partial charge in [0, 0.05) is 5.69 Å². The molecule has 1 aromatic rings. The summed E-state index contributed by atoms with van der Waals surface area (Å²) in [6, 6.07) is 7.82. The van der Waals surface area contributed by atoms with Gasteiger partial charge in [0.05, 0.1) is 5.54 Å². The first-order chi connectivity index (χ1) is 12.9. The van der Waals surface area contributed by atoms with Crippen LogP contribution >= 0.6 is 0 Å². The Kier molecular flexibility index (Phi) is 5.68. The fourth-order valence-corrected chi connectivity index (χ4v) is 4.01. The Morgan fingerprint density at radius 3 is 2.59 bits per heavy atom. The van der Waals surface area contributed by atoms with Gasteiger partial charge >= 0.3 is 0 Å². The molecule has 27 heavy (non-hydrogen) atoms. The first-order valence-electron chi connectivity index (χ1n) is 9.73. The summed E-state index contributed by atoms with van der Waals surface area (Å²) in [5, 5.41) is 15.9. The number of carbonyl (C=O) groups excluding carboxylic acids is 2. The van der Waals surface area contributed by atoms with E-state index in [-0.39, 0.29) is 11.3 Å². The van der Waals surface area contributed by atoms with Crippen molar-refractivity contribution in [3.63, 3.8) is 0 Å². The van der Waals surface area contributed by atoms with Crippen LogP contribution < -0.4 is 10.6 Å². The van der Waals surface area contributed by atoms with E-state index in [2.05, 4.69) is 17.2 Å². The van der Waals surface area contributed by atoms with Gasteiger partial charge in [0.15, 0.2) is 0 Å². The molecular weight excluding hydrogens is 340 g/mol. The number of benzene rings is 1. The van der Waals surface area contributed by atoms with Gasteiger partial charge in [-0.1, -0.05) is 37.5 Å². The number of hydrogen-bond acceptors (Lipinski definition) is 3. The topological polar surface area (TPSA) is 78.4 Å². The highest BCUT2D eigenvalue weighted by molar-refractivity contribution is 6.24. The van der Waals surface area contributed by atoms with Gasteiger partial charge in [-0.15, -0.1) is 6.58 Å². The van der Waals surface area contributed by atoms with Crippen LogP contribution in [0, 0.1) is 0 Å². The first kappa shape index (κ1) is 19.2.